The van der Waals surface area contributed by atoms with Gasteiger partial charge in [-0.05, 0) is 0 Å². The van der Waals surface area contributed by atoms with Crippen molar-refractivity contribution in [3.05, 3.63) is 0 Å². The van der Waals surface area contributed by atoms with Gasteiger partial charge in [0.2, 0.25) is 0 Å². The van der Waals surface area contributed by atoms with Crippen LogP contribution in [0.25, 0.3) is 0 Å². The van der Waals surface area contributed by atoms with E-state index in [1.807, 2.05) is 0 Å². The Kier molecular flexibility index (Phi) is 2.73. The summed E-state index contributed by atoms with van der Waals surface area (Å²) < 4.78 is 10.6. The zero-order chi connectivity index (χ0) is 12.2. The van der Waals surface area contributed by atoms with Crippen molar-refractivity contribution in [3.63, 3.8) is 0 Å². The second-order valence-corrected chi connectivity index (χ2v) is 9.42. The molecule has 2 fully saturated rings. The summed E-state index contributed by atoms with van der Waals surface area (Å²) in [5, 5.41) is 12.7. The van der Waals surface area contributed by atoms with Gasteiger partial charge in [0.25, 0.3) is 0 Å². The van der Waals surface area contributed by atoms with Crippen molar-refractivity contribution in [3.8, 4) is 0 Å². The quantitative estimate of drug-likeness (QED) is 0.520. The normalized spacial score (nSPS) is 40.6. The fourth-order valence-electron chi connectivity index (χ4n) is 2.52. The molecule has 2 aliphatic rings. The number of amides is 1. The Labute approximate surface area is 101 Å². The monoisotopic (exact) mass is 343 g/mol. The number of carbonyl (C=O) groups excluding carboxylic acids is 2. The van der Waals surface area contributed by atoms with E-state index in [1.54, 1.807) is 20.8 Å². The summed E-state index contributed by atoms with van der Waals surface area (Å²) in [5.74, 6) is -0.993. The van der Waals surface area contributed by atoms with Gasteiger partial charge >= 0.3 is 101 Å². The maximum absolute atomic E-state index is 12.1. The summed E-state index contributed by atoms with van der Waals surface area (Å²) in [7, 11) is 0. The van der Waals surface area contributed by atoms with E-state index in [9.17, 15) is 17.8 Å². The summed E-state index contributed by atoms with van der Waals surface area (Å²) in [5.41, 5.74) is 0. The molecule has 16 heavy (non-hydrogen) atoms. The molecule has 0 aromatic rings. The predicted molar refractivity (Wildman–Crippen MR) is 56.1 cm³/mol. The molecule has 2 N–H and O–H groups in total. The molecule has 0 aromatic carbocycles. The van der Waals surface area contributed by atoms with Gasteiger partial charge in [0.15, 0.2) is 0 Å². The minimum absolute atomic E-state index is 0.177. The van der Waals surface area contributed by atoms with Crippen LogP contribution in [0.1, 0.15) is 20.8 Å². The molecular formula is C10H15NO4Te. The SMILES string of the molecule is CC(C)[C@H](O)[C@]12C(=O)N[C@H]1C(C)C(=O)[Te]2=O. The molecule has 2 rings (SSSR count). The first kappa shape index (κ1) is 12.2. The van der Waals surface area contributed by atoms with Crippen LogP contribution >= 0.6 is 0 Å². The molecule has 1 unspecified atom stereocenters. The Hall–Kier alpha value is -0.310. The van der Waals surface area contributed by atoms with Crippen LogP contribution in [-0.4, -0.2) is 46.5 Å². The van der Waals surface area contributed by atoms with Crippen molar-refractivity contribution in [1.29, 1.82) is 0 Å². The molecule has 0 saturated carbocycles. The van der Waals surface area contributed by atoms with Crippen LogP contribution in [0, 0.1) is 11.8 Å². The first-order valence-corrected chi connectivity index (χ1v) is 8.58. The van der Waals surface area contributed by atoms with Crippen LogP contribution < -0.4 is 5.32 Å². The molecule has 0 spiro atoms. The number of fused-ring (bicyclic) bond motifs is 1. The Bertz CT molecular complexity index is 394. The van der Waals surface area contributed by atoms with Crippen molar-refractivity contribution in [2.75, 3.05) is 0 Å². The van der Waals surface area contributed by atoms with Crippen LogP contribution in [0.3, 0.4) is 0 Å². The van der Waals surface area contributed by atoms with Gasteiger partial charge in [-0.2, -0.15) is 0 Å². The summed E-state index contributed by atoms with van der Waals surface area (Å²) in [6, 6.07) is -0.418. The van der Waals surface area contributed by atoms with Gasteiger partial charge in [0, 0.05) is 0 Å². The maximum atomic E-state index is 12.1. The van der Waals surface area contributed by atoms with Crippen molar-refractivity contribution >= 4 is 29.3 Å². The van der Waals surface area contributed by atoms with Gasteiger partial charge in [-0.25, -0.2) is 0 Å². The summed E-state index contributed by atoms with van der Waals surface area (Å²) in [4.78, 5) is 23.4. The van der Waals surface area contributed by atoms with Gasteiger partial charge in [-0.15, -0.1) is 0 Å². The number of hydrogen-bond donors (Lipinski definition) is 2. The number of carbonyl (C=O) groups is 2. The van der Waals surface area contributed by atoms with Crippen LogP contribution in [0.15, 0.2) is 0 Å². The molecule has 4 atom stereocenters. The molecule has 2 heterocycles. The summed E-state index contributed by atoms with van der Waals surface area (Å²) in [6.45, 7) is 5.20. The standard InChI is InChI=1S/C10H15NO4Te/c1-4(2)7(12)10-6(11-9(10)14)5(3)8(13)16(10)15/h4-7,12H,1-3H3,(H,11,14)/t5?,6-,7-,10-/m0/s1. The fraction of sp³-hybridized carbons (Fsp3) is 0.800. The van der Waals surface area contributed by atoms with Gasteiger partial charge < -0.3 is 0 Å². The topological polar surface area (TPSA) is 83.5 Å². The predicted octanol–water partition coefficient (Wildman–Crippen LogP) is -0.578. The number of nitrogens with one attached hydrogen (secondary N) is 1. The van der Waals surface area contributed by atoms with E-state index >= 15 is 0 Å². The first-order valence-electron chi connectivity index (χ1n) is 5.29. The number of hydrogen-bond acceptors (Lipinski definition) is 4. The molecule has 2 aliphatic heterocycles. The Morgan fingerprint density at radius 2 is 2.00 bits per heavy atom. The van der Waals surface area contributed by atoms with E-state index in [4.69, 9.17) is 0 Å². The second-order valence-electron chi connectivity index (χ2n) is 4.81. The molecule has 0 aromatic heterocycles. The van der Waals surface area contributed by atoms with Crippen molar-refractivity contribution in [2.24, 2.45) is 11.8 Å². The van der Waals surface area contributed by atoms with Crippen molar-refractivity contribution < 1.29 is 17.8 Å². The molecule has 90 valence electrons. The van der Waals surface area contributed by atoms with E-state index < -0.39 is 47.0 Å². The third-order valence-electron chi connectivity index (χ3n) is 3.54. The van der Waals surface area contributed by atoms with E-state index in [-0.39, 0.29) is 9.75 Å². The first-order chi connectivity index (χ1) is 7.35. The molecule has 0 aliphatic carbocycles. The Morgan fingerprint density at radius 1 is 1.44 bits per heavy atom. The Balaban J connectivity index is 2.48. The number of β-lactam (4-membered cyclic amide) rings is 1. The van der Waals surface area contributed by atoms with Crippen molar-refractivity contribution in [2.45, 2.75) is 36.4 Å². The minimum atomic E-state index is -3.46. The zero-order valence-electron chi connectivity index (χ0n) is 9.39. The van der Waals surface area contributed by atoms with E-state index in [0.717, 1.165) is 0 Å². The van der Waals surface area contributed by atoms with E-state index in [1.165, 1.54) is 0 Å². The van der Waals surface area contributed by atoms with Gasteiger partial charge in [0.1, 0.15) is 0 Å². The molecular weight excluding hydrogens is 326 g/mol. The Morgan fingerprint density at radius 3 is 2.38 bits per heavy atom. The van der Waals surface area contributed by atoms with E-state index in [2.05, 4.69) is 5.32 Å². The molecule has 0 bridgehead atoms. The number of aliphatic hydroxyl groups is 1. The molecule has 2 saturated heterocycles. The summed E-state index contributed by atoms with van der Waals surface area (Å²) in [6.07, 6.45) is -0.978. The van der Waals surface area contributed by atoms with Gasteiger partial charge in [-0.3, -0.25) is 0 Å². The van der Waals surface area contributed by atoms with Gasteiger partial charge in [-0.1, -0.05) is 0 Å². The summed E-state index contributed by atoms with van der Waals surface area (Å²) >= 11 is -3.46. The molecule has 1 amide bonds. The molecule has 6 heteroatoms. The van der Waals surface area contributed by atoms with E-state index in [0.29, 0.717) is 0 Å². The van der Waals surface area contributed by atoms with Crippen molar-refractivity contribution in [1.82, 2.24) is 5.32 Å². The fourth-order valence-corrected chi connectivity index (χ4v) is 8.28. The molecule has 5 nitrogen and oxygen atoms in total. The zero-order valence-corrected chi connectivity index (χ0v) is 11.7. The number of aliphatic hydroxyl groups excluding tert-OH is 1. The third kappa shape index (κ3) is 1.15. The van der Waals surface area contributed by atoms with Crippen LogP contribution in [0.5, 0.6) is 0 Å². The van der Waals surface area contributed by atoms with Crippen LogP contribution in [0.4, 0.5) is 0 Å². The van der Waals surface area contributed by atoms with Crippen LogP contribution in [0.2, 0.25) is 3.46 Å². The average Bonchev–Trinajstić information content (AvgIpc) is 2.36. The molecule has 0 radical (unpaired) electrons. The third-order valence-corrected chi connectivity index (χ3v) is 9.33. The number of rotatable bonds is 2. The van der Waals surface area contributed by atoms with Crippen LogP contribution in [-0.2, 0) is 12.7 Å². The average molecular weight is 341 g/mol. The van der Waals surface area contributed by atoms with Gasteiger partial charge in [0.05, 0.1) is 0 Å². The second kappa shape index (κ2) is 3.59.